The average Bonchev–Trinajstić information content (AvgIpc) is 3.32. The standard InChI is InChI=1S/C28H27N5O4/c1-37-22-10-7-18(8-11-22)16-30-28(36)33-25(19-4-2-5-19)15-24(32-33)23-14-21(9-12-26(23)34)31-27(35)20-6-3-13-29-17-20/h3,6-15,17,19,34H,2,4-5,16H2,1H3,(H,30,36)(H,31,35). The third kappa shape index (κ3) is 5.30. The summed E-state index contributed by atoms with van der Waals surface area (Å²) in [5.74, 6) is 0.660. The fraction of sp³-hybridized carbons (Fsp3) is 0.214. The van der Waals surface area contributed by atoms with Gasteiger partial charge in [-0.25, -0.2) is 4.79 Å². The second-order valence-electron chi connectivity index (χ2n) is 8.93. The smallest absolute Gasteiger partial charge is 0.342 e. The first-order valence-electron chi connectivity index (χ1n) is 12.1. The second-order valence-corrected chi connectivity index (χ2v) is 8.93. The molecule has 0 spiro atoms. The Kier molecular flexibility index (Phi) is 6.85. The fourth-order valence-electron chi connectivity index (χ4n) is 4.20. The van der Waals surface area contributed by atoms with Crippen molar-refractivity contribution >= 4 is 17.6 Å². The molecule has 37 heavy (non-hydrogen) atoms. The number of benzene rings is 2. The highest BCUT2D eigenvalue weighted by Gasteiger charge is 2.27. The van der Waals surface area contributed by atoms with Crippen molar-refractivity contribution in [2.75, 3.05) is 12.4 Å². The van der Waals surface area contributed by atoms with Crippen molar-refractivity contribution in [2.24, 2.45) is 0 Å². The van der Waals surface area contributed by atoms with Crippen molar-refractivity contribution in [3.8, 4) is 22.8 Å². The molecule has 2 aromatic heterocycles. The largest absolute Gasteiger partial charge is 0.507 e. The summed E-state index contributed by atoms with van der Waals surface area (Å²) in [7, 11) is 1.61. The summed E-state index contributed by atoms with van der Waals surface area (Å²) in [5, 5.41) is 20.9. The summed E-state index contributed by atoms with van der Waals surface area (Å²) in [6.45, 7) is 0.337. The van der Waals surface area contributed by atoms with E-state index in [1.54, 1.807) is 37.6 Å². The zero-order chi connectivity index (χ0) is 25.8. The number of nitrogens with zero attached hydrogens (tertiary/aromatic N) is 3. The van der Waals surface area contributed by atoms with Gasteiger partial charge >= 0.3 is 6.03 Å². The van der Waals surface area contributed by atoms with E-state index in [9.17, 15) is 14.7 Å². The van der Waals surface area contributed by atoms with Crippen molar-refractivity contribution in [3.05, 3.63) is 89.9 Å². The van der Waals surface area contributed by atoms with Gasteiger partial charge in [0.1, 0.15) is 11.5 Å². The Balaban J connectivity index is 1.38. The molecule has 5 rings (SSSR count). The lowest BCUT2D eigenvalue weighted by Crippen LogP contribution is -2.31. The highest BCUT2D eigenvalue weighted by Crippen LogP contribution is 2.39. The van der Waals surface area contributed by atoms with E-state index >= 15 is 0 Å². The summed E-state index contributed by atoms with van der Waals surface area (Å²) in [6, 6.07) is 17.1. The van der Waals surface area contributed by atoms with E-state index in [2.05, 4.69) is 20.7 Å². The fourth-order valence-corrected chi connectivity index (χ4v) is 4.20. The van der Waals surface area contributed by atoms with E-state index in [1.807, 2.05) is 30.3 Å². The Morgan fingerprint density at radius 2 is 1.92 bits per heavy atom. The molecule has 0 bridgehead atoms. The Labute approximate surface area is 214 Å². The number of phenols is 1. The number of ether oxygens (including phenoxy) is 1. The molecule has 1 aliphatic carbocycles. The number of amides is 2. The average molecular weight is 498 g/mol. The van der Waals surface area contributed by atoms with E-state index in [0.717, 1.165) is 36.3 Å². The molecule has 0 unspecified atom stereocenters. The number of aromatic nitrogens is 3. The quantitative estimate of drug-likeness (QED) is 0.311. The zero-order valence-corrected chi connectivity index (χ0v) is 20.3. The maximum Gasteiger partial charge on any atom is 0.342 e. The topological polar surface area (TPSA) is 118 Å². The van der Waals surface area contributed by atoms with Gasteiger partial charge in [0.25, 0.3) is 5.91 Å². The molecule has 9 heteroatoms. The SMILES string of the molecule is COc1ccc(CNC(=O)n2nc(-c3cc(NC(=O)c4cccnc4)ccc3O)cc2C2CCC2)cc1. The first-order valence-corrected chi connectivity index (χ1v) is 12.1. The maximum atomic E-state index is 13.1. The minimum atomic E-state index is -0.343. The number of rotatable bonds is 7. The zero-order valence-electron chi connectivity index (χ0n) is 20.3. The third-order valence-electron chi connectivity index (χ3n) is 6.51. The predicted molar refractivity (Wildman–Crippen MR) is 139 cm³/mol. The highest BCUT2D eigenvalue weighted by atomic mass is 16.5. The van der Waals surface area contributed by atoms with E-state index in [4.69, 9.17) is 4.74 Å². The van der Waals surface area contributed by atoms with Gasteiger partial charge in [0.2, 0.25) is 0 Å². The minimum absolute atomic E-state index is 0.00262. The van der Waals surface area contributed by atoms with Crippen LogP contribution < -0.4 is 15.4 Å². The van der Waals surface area contributed by atoms with E-state index in [-0.39, 0.29) is 23.6 Å². The first kappa shape index (κ1) is 24.1. The molecule has 1 saturated carbocycles. The maximum absolute atomic E-state index is 13.1. The number of carbonyl (C=O) groups is 2. The lowest BCUT2D eigenvalue weighted by molar-refractivity contribution is 0.102. The molecule has 2 amide bonds. The number of phenolic OH excluding ortho intramolecular Hbond substituents is 1. The summed E-state index contributed by atoms with van der Waals surface area (Å²) < 4.78 is 6.58. The molecule has 0 radical (unpaired) electrons. The van der Waals surface area contributed by atoms with Gasteiger partial charge in [-0.2, -0.15) is 9.78 Å². The lowest BCUT2D eigenvalue weighted by atomic mass is 9.82. The number of methoxy groups -OCH3 is 1. The second kappa shape index (κ2) is 10.5. The van der Waals surface area contributed by atoms with Gasteiger partial charge in [-0.05, 0) is 66.9 Å². The van der Waals surface area contributed by atoms with E-state index in [1.165, 1.54) is 16.9 Å². The van der Waals surface area contributed by atoms with Gasteiger partial charge < -0.3 is 20.5 Å². The predicted octanol–water partition coefficient (Wildman–Crippen LogP) is 4.94. The molecular formula is C28H27N5O4. The van der Waals surface area contributed by atoms with Crippen LogP contribution in [0.1, 0.15) is 46.8 Å². The first-order chi connectivity index (χ1) is 18.0. The summed E-state index contributed by atoms with van der Waals surface area (Å²) in [4.78, 5) is 29.7. The molecule has 0 aliphatic heterocycles. The molecule has 0 saturated heterocycles. The molecule has 9 nitrogen and oxygen atoms in total. The molecule has 1 aliphatic rings. The summed E-state index contributed by atoms with van der Waals surface area (Å²) >= 11 is 0. The number of hydrogen-bond acceptors (Lipinski definition) is 6. The van der Waals surface area contributed by atoms with Gasteiger partial charge in [-0.3, -0.25) is 9.78 Å². The number of nitrogens with one attached hydrogen (secondary N) is 2. The number of aromatic hydroxyl groups is 1. The van der Waals surface area contributed by atoms with Crippen molar-refractivity contribution in [1.82, 2.24) is 20.1 Å². The van der Waals surface area contributed by atoms with Crippen LogP contribution in [-0.4, -0.2) is 38.9 Å². The van der Waals surface area contributed by atoms with Crippen LogP contribution in [0.15, 0.2) is 73.1 Å². The van der Waals surface area contributed by atoms with Crippen LogP contribution in [0.3, 0.4) is 0 Å². The van der Waals surface area contributed by atoms with Gasteiger partial charge in [0.15, 0.2) is 0 Å². The number of pyridine rings is 1. The van der Waals surface area contributed by atoms with Gasteiger partial charge in [0.05, 0.1) is 24.1 Å². The molecule has 4 aromatic rings. The molecule has 1 fully saturated rings. The molecule has 0 atom stereocenters. The van der Waals surface area contributed by atoms with Crippen LogP contribution in [0.5, 0.6) is 11.5 Å². The Bertz CT molecular complexity index is 1410. The highest BCUT2D eigenvalue weighted by molar-refractivity contribution is 6.04. The van der Waals surface area contributed by atoms with Crippen LogP contribution >= 0.6 is 0 Å². The minimum Gasteiger partial charge on any atom is -0.507 e. The Morgan fingerprint density at radius 3 is 2.59 bits per heavy atom. The lowest BCUT2D eigenvalue weighted by Gasteiger charge is -2.25. The van der Waals surface area contributed by atoms with Crippen LogP contribution in [-0.2, 0) is 6.54 Å². The summed E-state index contributed by atoms with van der Waals surface area (Å²) in [5.41, 5.74) is 3.52. The van der Waals surface area contributed by atoms with Crippen molar-refractivity contribution in [2.45, 2.75) is 31.7 Å². The van der Waals surface area contributed by atoms with Gasteiger partial charge in [-0.1, -0.05) is 18.6 Å². The van der Waals surface area contributed by atoms with Gasteiger partial charge in [-0.15, -0.1) is 0 Å². The van der Waals surface area contributed by atoms with Crippen molar-refractivity contribution in [3.63, 3.8) is 0 Å². The van der Waals surface area contributed by atoms with Crippen LogP contribution in [0.4, 0.5) is 10.5 Å². The third-order valence-corrected chi connectivity index (χ3v) is 6.51. The number of carbonyl (C=O) groups excluding carboxylic acids is 2. The van der Waals surface area contributed by atoms with Crippen LogP contribution in [0.25, 0.3) is 11.3 Å². The van der Waals surface area contributed by atoms with Crippen molar-refractivity contribution in [1.29, 1.82) is 0 Å². The normalized spacial score (nSPS) is 13.0. The van der Waals surface area contributed by atoms with E-state index < -0.39 is 0 Å². The Hall–Kier alpha value is -4.66. The van der Waals surface area contributed by atoms with Crippen LogP contribution in [0.2, 0.25) is 0 Å². The number of anilines is 1. The summed E-state index contributed by atoms with van der Waals surface area (Å²) in [6.07, 6.45) is 6.13. The number of hydrogen-bond donors (Lipinski definition) is 3. The molecular weight excluding hydrogens is 470 g/mol. The van der Waals surface area contributed by atoms with Crippen LogP contribution in [0, 0.1) is 0 Å². The van der Waals surface area contributed by atoms with E-state index in [0.29, 0.717) is 29.1 Å². The van der Waals surface area contributed by atoms with Gasteiger partial charge in [0, 0.05) is 36.1 Å². The molecule has 2 heterocycles. The molecule has 2 aromatic carbocycles. The molecule has 3 N–H and O–H groups in total. The Morgan fingerprint density at radius 1 is 1.11 bits per heavy atom. The monoisotopic (exact) mass is 497 g/mol. The molecule has 188 valence electrons. The van der Waals surface area contributed by atoms with Crippen molar-refractivity contribution < 1.29 is 19.4 Å².